The molecule has 0 aliphatic carbocycles. The Labute approximate surface area is 581 Å². The first kappa shape index (κ1) is 93.1. The largest absolute Gasteiger partial charge is 0.472 e. The van der Waals surface area contributed by atoms with Crippen LogP contribution in [0.4, 0.5) is 0 Å². The maximum absolute atomic E-state index is 13.1. The first-order valence-electron chi connectivity index (χ1n) is 39.2. The summed E-state index contributed by atoms with van der Waals surface area (Å²) < 4.78 is 68.5. The fourth-order valence-corrected chi connectivity index (χ4v) is 13.1. The second kappa shape index (κ2) is 65.4. The number of phosphoric acid groups is 2. The van der Waals surface area contributed by atoms with E-state index < -0.39 is 97.5 Å². The second-order valence-corrected chi connectivity index (χ2v) is 32.2. The van der Waals surface area contributed by atoms with Crippen molar-refractivity contribution in [3.05, 3.63) is 0 Å². The van der Waals surface area contributed by atoms with Gasteiger partial charge in [0.05, 0.1) is 26.4 Å². The van der Waals surface area contributed by atoms with E-state index in [1.807, 2.05) is 0 Å². The normalized spacial score (nSPS) is 14.1. The molecular weight excluding hydrogens is 1250 g/mol. The number of hydrogen-bond acceptors (Lipinski definition) is 15. The summed E-state index contributed by atoms with van der Waals surface area (Å²) in [6, 6.07) is 0. The van der Waals surface area contributed by atoms with E-state index in [2.05, 4.69) is 55.4 Å². The van der Waals surface area contributed by atoms with Gasteiger partial charge in [-0.05, 0) is 49.4 Å². The first-order valence-corrected chi connectivity index (χ1v) is 42.2. The van der Waals surface area contributed by atoms with Crippen molar-refractivity contribution >= 4 is 39.5 Å². The Morgan fingerprint density at radius 3 is 0.653 bits per heavy atom. The molecule has 0 saturated heterocycles. The fourth-order valence-electron chi connectivity index (χ4n) is 11.6. The summed E-state index contributed by atoms with van der Waals surface area (Å²) in [5.74, 6) is 0.926. The second-order valence-electron chi connectivity index (χ2n) is 29.3. The SMILES string of the molecule is CC(C)CCCCCCCCCCCCCCCC(=O)O[C@H](COC(=O)CCCCCCCCCCCCCCC(C)C)COP(=O)(O)OCC(O)COP(=O)(O)OC[C@@H](COC(=O)CCCCCCCCCCC(C)C)OC(=O)CCCCCCCCCCCCC(C)C. The highest BCUT2D eigenvalue weighted by molar-refractivity contribution is 7.47. The first-order chi connectivity index (χ1) is 45.6. The number of esters is 4. The molecule has 3 N–H and O–H groups in total. The maximum Gasteiger partial charge on any atom is 0.472 e. The average molecular weight is 1400 g/mol. The van der Waals surface area contributed by atoms with Gasteiger partial charge in [0.25, 0.3) is 0 Å². The Bertz CT molecular complexity index is 1870. The fraction of sp³-hybridized carbons (Fsp3) is 0.947. The minimum atomic E-state index is -4.96. The Balaban J connectivity index is 5.27. The molecule has 0 aromatic carbocycles. The molecule has 0 amide bonds. The minimum Gasteiger partial charge on any atom is -0.462 e. The lowest BCUT2D eigenvalue weighted by Crippen LogP contribution is -2.30. The molecule has 0 rings (SSSR count). The predicted molar refractivity (Wildman–Crippen MR) is 386 cm³/mol. The van der Waals surface area contributed by atoms with Gasteiger partial charge in [-0.25, -0.2) is 9.13 Å². The Hall–Kier alpha value is -1.94. The highest BCUT2D eigenvalue weighted by Crippen LogP contribution is 2.45. The maximum atomic E-state index is 13.1. The molecule has 0 aromatic rings. The van der Waals surface area contributed by atoms with Gasteiger partial charge in [0.15, 0.2) is 12.2 Å². The molecule has 3 unspecified atom stereocenters. The van der Waals surface area contributed by atoms with Crippen LogP contribution >= 0.6 is 15.6 Å². The van der Waals surface area contributed by atoms with Crippen molar-refractivity contribution in [2.75, 3.05) is 39.6 Å². The molecule has 95 heavy (non-hydrogen) atoms. The van der Waals surface area contributed by atoms with E-state index in [0.717, 1.165) is 114 Å². The number of unbranched alkanes of at least 4 members (excludes halogenated alkanes) is 39. The third-order valence-electron chi connectivity index (χ3n) is 17.6. The molecule has 0 aliphatic rings. The molecule has 5 atom stereocenters. The minimum absolute atomic E-state index is 0.105. The topological polar surface area (TPSA) is 237 Å². The van der Waals surface area contributed by atoms with Crippen molar-refractivity contribution in [3.63, 3.8) is 0 Å². The summed E-state index contributed by atoms with van der Waals surface area (Å²) in [6.07, 6.45) is 49.9. The van der Waals surface area contributed by atoms with E-state index in [1.165, 1.54) is 186 Å². The number of rotatable bonds is 73. The summed E-state index contributed by atoms with van der Waals surface area (Å²) in [4.78, 5) is 72.8. The molecule has 0 aliphatic heterocycles. The molecule has 0 bridgehead atoms. The summed E-state index contributed by atoms with van der Waals surface area (Å²) in [6.45, 7) is 14.2. The van der Waals surface area contributed by atoms with E-state index in [1.54, 1.807) is 0 Å². The molecule has 0 radical (unpaired) electrons. The number of aliphatic hydroxyl groups excluding tert-OH is 1. The monoisotopic (exact) mass is 1400 g/mol. The highest BCUT2D eigenvalue weighted by Gasteiger charge is 2.30. The third-order valence-corrected chi connectivity index (χ3v) is 19.5. The van der Waals surface area contributed by atoms with E-state index in [0.29, 0.717) is 25.7 Å². The van der Waals surface area contributed by atoms with Crippen molar-refractivity contribution in [1.82, 2.24) is 0 Å². The van der Waals surface area contributed by atoms with Crippen LogP contribution in [-0.4, -0.2) is 96.7 Å². The number of hydrogen-bond donors (Lipinski definition) is 3. The van der Waals surface area contributed by atoms with Crippen LogP contribution in [0.1, 0.15) is 383 Å². The standard InChI is InChI=1S/C76H148O17P2/c1-66(2)52-44-36-28-20-14-10-9-11-17-24-34-42-50-58-75(80)92-71(62-86-73(78)56-48-40-32-23-16-13-12-15-21-29-37-45-53-67(3)4)64-90-94(82,83)88-60-70(77)61-89-95(84,85)91-65-72(63-87-74(79)57-49-41-33-27-26-31-39-47-55-69(7)8)93-76(81)59-51-43-35-25-19-18-22-30-38-46-54-68(5)6/h66-72,77H,9-65H2,1-8H3,(H,82,83)(H,84,85)/t70?,71-,72-/m1/s1. The third kappa shape index (κ3) is 70.3. The van der Waals surface area contributed by atoms with Gasteiger partial charge >= 0.3 is 39.5 Å². The number of carbonyl (C=O) groups excluding carboxylic acids is 4. The van der Waals surface area contributed by atoms with Crippen LogP contribution in [0.15, 0.2) is 0 Å². The zero-order chi connectivity index (χ0) is 70.3. The molecule has 0 spiro atoms. The van der Waals surface area contributed by atoms with Gasteiger partial charge in [0, 0.05) is 25.7 Å². The van der Waals surface area contributed by atoms with E-state index in [-0.39, 0.29) is 25.7 Å². The number of aliphatic hydroxyl groups is 1. The van der Waals surface area contributed by atoms with Crippen molar-refractivity contribution in [3.8, 4) is 0 Å². The Morgan fingerprint density at radius 1 is 0.263 bits per heavy atom. The van der Waals surface area contributed by atoms with Crippen LogP contribution in [0.5, 0.6) is 0 Å². The van der Waals surface area contributed by atoms with Crippen molar-refractivity contribution in [1.29, 1.82) is 0 Å². The van der Waals surface area contributed by atoms with Gasteiger partial charge in [-0.2, -0.15) is 0 Å². The number of phosphoric ester groups is 2. The Kier molecular flexibility index (Phi) is 64.0. The summed E-state index contributed by atoms with van der Waals surface area (Å²) in [5, 5.41) is 10.6. The van der Waals surface area contributed by atoms with E-state index >= 15 is 0 Å². The predicted octanol–water partition coefficient (Wildman–Crippen LogP) is 22.0. The highest BCUT2D eigenvalue weighted by atomic mass is 31.2. The van der Waals surface area contributed by atoms with Crippen molar-refractivity contribution in [2.45, 2.75) is 401 Å². The van der Waals surface area contributed by atoms with E-state index in [4.69, 9.17) is 37.0 Å². The average Bonchev–Trinajstić information content (AvgIpc) is 1.95. The van der Waals surface area contributed by atoms with Crippen molar-refractivity contribution < 1.29 is 80.2 Å². The quantitative estimate of drug-likeness (QED) is 0.0222. The van der Waals surface area contributed by atoms with Crippen LogP contribution < -0.4 is 0 Å². The Morgan fingerprint density at radius 2 is 0.442 bits per heavy atom. The molecular formula is C76H148O17P2. The van der Waals surface area contributed by atoms with Crippen molar-refractivity contribution in [2.24, 2.45) is 23.7 Å². The van der Waals surface area contributed by atoms with Crippen LogP contribution in [0, 0.1) is 23.7 Å². The molecule has 0 aromatic heterocycles. The van der Waals surface area contributed by atoms with Gasteiger partial charge in [0.2, 0.25) is 0 Å². The van der Waals surface area contributed by atoms with Crippen LogP contribution in [0.25, 0.3) is 0 Å². The lowest BCUT2D eigenvalue weighted by molar-refractivity contribution is -0.161. The van der Waals surface area contributed by atoms with E-state index in [9.17, 15) is 43.2 Å². The molecule has 17 nitrogen and oxygen atoms in total. The molecule has 19 heteroatoms. The van der Waals surface area contributed by atoms with Crippen LogP contribution in [-0.2, 0) is 65.4 Å². The van der Waals surface area contributed by atoms with Gasteiger partial charge in [0.1, 0.15) is 19.3 Å². The number of carbonyl (C=O) groups is 4. The summed E-state index contributed by atoms with van der Waals surface area (Å²) in [5.41, 5.74) is 0. The summed E-state index contributed by atoms with van der Waals surface area (Å²) in [7, 11) is -9.91. The van der Waals surface area contributed by atoms with Crippen LogP contribution in [0.3, 0.4) is 0 Å². The van der Waals surface area contributed by atoms with Crippen LogP contribution in [0.2, 0.25) is 0 Å². The lowest BCUT2D eigenvalue weighted by Gasteiger charge is -2.21. The summed E-state index contributed by atoms with van der Waals surface area (Å²) >= 11 is 0. The van der Waals surface area contributed by atoms with Gasteiger partial charge in [-0.3, -0.25) is 37.3 Å². The lowest BCUT2D eigenvalue weighted by atomic mass is 10.0. The van der Waals surface area contributed by atoms with Gasteiger partial charge < -0.3 is 33.8 Å². The molecule has 0 heterocycles. The van der Waals surface area contributed by atoms with Gasteiger partial charge in [-0.15, -0.1) is 0 Å². The molecule has 0 saturated carbocycles. The molecule has 0 fully saturated rings. The zero-order valence-corrected chi connectivity index (χ0v) is 64.1. The zero-order valence-electron chi connectivity index (χ0n) is 62.3. The molecule has 564 valence electrons. The van der Waals surface area contributed by atoms with Gasteiger partial charge in [-0.1, -0.05) is 331 Å². The smallest absolute Gasteiger partial charge is 0.462 e. The number of ether oxygens (including phenoxy) is 4.